The molecule has 0 aromatic rings. The Morgan fingerprint density at radius 2 is 2.31 bits per heavy atom. The van der Waals surface area contributed by atoms with Crippen LogP contribution in [0.25, 0.3) is 0 Å². The van der Waals surface area contributed by atoms with E-state index in [2.05, 4.69) is 18.7 Å². The largest absolute Gasteiger partial charge is 0.337 e. The topological polar surface area (TPSA) is 20.3 Å². The molecule has 0 bridgehead atoms. The maximum Gasteiger partial charge on any atom is 0.226 e. The van der Waals surface area contributed by atoms with Gasteiger partial charge in [0.15, 0.2) is 0 Å². The Kier molecular flexibility index (Phi) is 2.30. The number of nitrogens with zero attached hydrogens (tertiary/aromatic N) is 1. The molecular weight excluding hydrogens is 182 g/mol. The van der Waals surface area contributed by atoms with Crippen molar-refractivity contribution < 1.29 is 4.79 Å². The lowest BCUT2D eigenvalue weighted by molar-refractivity contribution is -0.148. The molecule has 0 N–H and O–H groups in total. The van der Waals surface area contributed by atoms with Crippen LogP contribution >= 0.6 is 11.8 Å². The normalized spacial score (nSPS) is 31.5. The van der Waals surface area contributed by atoms with E-state index in [1.54, 1.807) is 0 Å². The van der Waals surface area contributed by atoms with Crippen LogP contribution in [0.5, 0.6) is 0 Å². The number of hydrogen-bond donors (Lipinski definition) is 0. The highest BCUT2D eigenvalue weighted by Crippen LogP contribution is 2.34. The fraction of sp³-hybridized carbons (Fsp3) is 0.900. The van der Waals surface area contributed by atoms with Crippen molar-refractivity contribution >= 4 is 17.7 Å². The number of thioether (sulfide) groups is 1. The van der Waals surface area contributed by atoms with E-state index >= 15 is 0 Å². The summed E-state index contributed by atoms with van der Waals surface area (Å²) in [7, 11) is 0. The third kappa shape index (κ3) is 1.58. The van der Waals surface area contributed by atoms with Gasteiger partial charge in [-0.25, -0.2) is 0 Å². The molecule has 0 aromatic heterocycles. The van der Waals surface area contributed by atoms with Crippen LogP contribution in [-0.4, -0.2) is 34.4 Å². The number of hydrogen-bond acceptors (Lipinski definition) is 2. The second-order valence-electron chi connectivity index (χ2n) is 4.61. The summed E-state index contributed by atoms with van der Waals surface area (Å²) in [6.45, 7) is 5.31. The van der Waals surface area contributed by atoms with Gasteiger partial charge in [0, 0.05) is 23.8 Å². The van der Waals surface area contributed by atoms with Gasteiger partial charge in [-0.2, -0.15) is 11.8 Å². The first-order valence-corrected chi connectivity index (χ1v) is 6.16. The molecule has 2 saturated heterocycles. The molecule has 2 fully saturated rings. The van der Waals surface area contributed by atoms with Crippen LogP contribution in [-0.2, 0) is 4.79 Å². The van der Waals surface area contributed by atoms with E-state index < -0.39 is 0 Å². The van der Waals surface area contributed by atoms with E-state index in [1.807, 2.05) is 11.8 Å². The zero-order valence-electron chi connectivity index (χ0n) is 8.38. The monoisotopic (exact) mass is 199 g/mol. The summed E-state index contributed by atoms with van der Waals surface area (Å²) in [6.07, 6.45) is 2.26. The maximum absolute atomic E-state index is 12.0. The van der Waals surface area contributed by atoms with Crippen LogP contribution in [0.1, 0.15) is 26.7 Å². The summed E-state index contributed by atoms with van der Waals surface area (Å²) in [5.41, 5.74) is 0.143. The molecule has 3 heteroatoms. The third-order valence-corrected chi connectivity index (χ3v) is 4.39. The molecule has 13 heavy (non-hydrogen) atoms. The SMILES string of the molecule is CC1(C)CCN1C(=O)C1CCSC1. The lowest BCUT2D eigenvalue weighted by atomic mass is 9.87. The molecule has 2 heterocycles. The Morgan fingerprint density at radius 1 is 1.54 bits per heavy atom. The lowest BCUT2D eigenvalue weighted by Gasteiger charge is -2.49. The highest BCUT2D eigenvalue weighted by molar-refractivity contribution is 7.99. The van der Waals surface area contributed by atoms with Crippen LogP contribution in [0.4, 0.5) is 0 Å². The molecule has 1 amide bonds. The van der Waals surface area contributed by atoms with E-state index in [0.717, 1.165) is 18.7 Å². The highest BCUT2D eigenvalue weighted by atomic mass is 32.2. The Balaban J connectivity index is 1.97. The van der Waals surface area contributed by atoms with Gasteiger partial charge >= 0.3 is 0 Å². The number of likely N-dealkylation sites (tertiary alicyclic amines) is 1. The Morgan fingerprint density at radius 3 is 2.69 bits per heavy atom. The van der Waals surface area contributed by atoms with Gasteiger partial charge < -0.3 is 4.90 Å². The summed E-state index contributed by atoms with van der Waals surface area (Å²) in [4.78, 5) is 14.0. The third-order valence-electron chi connectivity index (χ3n) is 3.22. The predicted octanol–water partition coefficient (Wildman–Crippen LogP) is 1.75. The van der Waals surface area contributed by atoms with Crippen LogP contribution in [0.15, 0.2) is 0 Å². The second kappa shape index (κ2) is 3.19. The van der Waals surface area contributed by atoms with Crippen molar-refractivity contribution in [1.29, 1.82) is 0 Å². The smallest absolute Gasteiger partial charge is 0.226 e. The average molecular weight is 199 g/mol. The summed E-state index contributed by atoms with van der Waals surface area (Å²) < 4.78 is 0. The second-order valence-corrected chi connectivity index (χ2v) is 5.76. The quantitative estimate of drug-likeness (QED) is 0.641. The summed E-state index contributed by atoms with van der Waals surface area (Å²) >= 11 is 1.92. The molecule has 0 saturated carbocycles. The first-order valence-electron chi connectivity index (χ1n) is 5.00. The zero-order valence-corrected chi connectivity index (χ0v) is 9.19. The minimum atomic E-state index is 0.143. The van der Waals surface area contributed by atoms with Gasteiger partial charge in [-0.05, 0) is 32.4 Å². The van der Waals surface area contributed by atoms with E-state index in [4.69, 9.17) is 0 Å². The van der Waals surface area contributed by atoms with Crippen LogP contribution in [0.3, 0.4) is 0 Å². The van der Waals surface area contributed by atoms with Crippen molar-refractivity contribution in [3.05, 3.63) is 0 Å². The predicted molar refractivity (Wildman–Crippen MR) is 55.8 cm³/mol. The van der Waals surface area contributed by atoms with Crippen molar-refractivity contribution in [2.24, 2.45) is 5.92 Å². The van der Waals surface area contributed by atoms with Crippen molar-refractivity contribution in [2.45, 2.75) is 32.2 Å². The Bertz CT molecular complexity index is 221. The first-order chi connectivity index (χ1) is 6.11. The van der Waals surface area contributed by atoms with E-state index in [0.29, 0.717) is 11.8 Å². The molecule has 2 aliphatic rings. The van der Waals surface area contributed by atoms with Gasteiger partial charge in [0.1, 0.15) is 0 Å². The molecule has 0 spiro atoms. The van der Waals surface area contributed by atoms with Gasteiger partial charge in [0.2, 0.25) is 5.91 Å². The van der Waals surface area contributed by atoms with E-state index in [9.17, 15) is 4.79 Å². The summed E-state index contributed by atoms with van der Waals surface area (Å²) in [5, 5.41) is 0. The lowest BCUT2D eigenvalue weighted by Crippen LogP contribution is -2.59. The number of carbonyl (C=O) groups excluding carboxylic acids is 1. The van der Waals surface area contributed by atoms with Crippen LogP contribution in [0.2, 0.25) is 0 Å². The molecule has 0 radical (unpaired) electrons. The highest BCUT2D eigenvalue weighted by Gasteiger charge is 2.42. The molecule has 2 nitrogen and oxygen atoms in total. The Labute approximate surface area is 84.1 Å². The summed E-state index contributed by atoms with van der Waals surface area (Å²) in [5.74, 6) is 2.95. The summed E-state index contributed by atoms with van der Waals surface area (Å²) in [6, 6.07) is 0. The van der Waals surface area contributed by atoms with Crippen molar-refractivity contribution in [2.75, 3.05) is 18.1 Å². The average Bonchev–Trinajstić information content (AvgIpc) is 2.54. The Hall–Kier alpha value is -0.180. The first kappa shape index (κ1) is 9.38. The molecule has 0 aliphatic carbocycles. The standard InChI is InChI=1S/C10H17NOS/c1-10(2)4-5-11(10)9(12)8-3-6-13-7-8/h8H,3-7H2,1-2H3. The van der Waals surface area contributed by atoms with Gasteiger partial charge in [0.05, 0.1) is 0 Å². The molecule has 1 unspecified atom stereocenters. The fourth-order valence-electron chi connectivity index (χ4n) is 2.03. The maximum atomic E-state index is 12.0. The molecule has 74 valence electrons. The van der Waals surface area contributed by atoms with Crippen molar-refractivity contribution in [3.63, 3.8) is 0 Å². The minimum Gasteiger partial charge on any atom is -0.337 e. The van der Waals surface area contributed by atoms with Gasteiger partial charge in [-0.1, -0.05) is 0 Å². The van der Waals surface area contributed by atoms with E-state index in [-0.39, 0.29) is 5.54 Å². The van der Waals surface area contributed by atoms with Crippen molar-refractivity contribution in [3.8, 4) is 0 Å². The number of carbonyl (C=O) groups is 1. The van der Waals surface area contributed by atoms with Gasteiger partial charge in [0.25, 0.3) is 0 Å². The molecule has 2 aliphatic heterocycles. The van der Waals surface area contributed by atoms with Gasteiger partial charge in [-0.3, -0.25) is 4.79 Å². The number of rotatable bonds is 1. The van der Waals surface area contributed by atoms with Crippen molar-refractivity contribution in [1.82, 2.24) is 4.90 Å². The zero-order chi connectivity index (χ0) is 9.47. The molecular formula is C10H17NOS. The fourth-order valence-corrected chi connectivity index (χ4v) is 3.24. The minimum absolute atomic E-state index is 0.143. The molecule has 1 atom stereocenters. The number of amides is 1. The van der Waals surface area contributed by atoms with Crippen LogP contribution in [0, 0.1) is 5.92 Å². The van der Waals surface area contributed by atoms with Crippen LogP contribution < -0.4 is 0 Å². The van der Waals surface area contributed by atoms with Gasteiger partial charge in [-0.15, -0.1) is 0 Å². The van der Waals surface area contributed by atoms with E-state index in [1.165, 1.54) is 12.2 Å². The molecule has 2 rings (SSSR count). The molecule has 0 aromatic carbocycles.